The zero-order valence-corrected chi connectivity index (χ0v) is 26.6. The van der Waals surface area contributed by atoms with Crippen LogP contribution in [0.5, 0.6) is 5.75 Å². The van der Waals surface area contributed by atoms with E-state index in [1.165, 1.54) is 12.1 Å². The Labute approximate surface area is 284 Å². The van der Waals surface area contributed by atoms with Crippen LogP contribution in [0.25, 0.3) is 0 Å². The molecule has 1 aliphatic carbocycles. The lowest BCUT2D eigenvalue weighted by molar-refractivity contribution is -0.179. The summed E-state index contributed by atoms with van der Waals surface area (Å²) < 4.78 is 6.25. The van der Waals surface area contributed by atoms with Gasteiger partial charge in [0.1, 0.15) is 29.2 Å². The first-order chi connectivity index (χ1) is 23.9. The third-order valence-electron chi connectivity index (χ3n) is 10.4. The van der Waals surface area contributed by atoms with Crippen LogP contribution in [0.2, 0.25) is 0 Å². The van der Waals surface area contributed by atoms with Gasteiger partial charge in [0, 0.05) is 11.3 Å². The third-order valence-corrected chi connectivity index (χ3v) is 10.4. The maximum atomic E-state index is 14.7. The zero-order chi connectivity index (χ0) is 33.7. The van der Waals surface area contributed by atoms with Crippen molar-refractivity contribution in [3.8, 4) is 17.6 Å². The van der Waals surface area contributed by atoms with E-state index in [0.29, 0.717) is 22.4 Å². The summed E-state index contributed by atoms with van der Waals surface area (Å²) in [5, 5.41) is 24.5. The summed E-state index contributed by atoms with van der Waals surface area (Å²) in [5.74, 6) is 2.54. The number of cyclic esters (lactones) is 1. The van der Waals surface area contributed by atoms with Crippen LogP contribution in [-0.4, -0.2) is 39.0 Å². The van der Waals surface area contributed by atoms with Crippen molar-refractivity contribution in [1.82, 2.24) is 4.90 Å². The molecule has 2 fully saturated rings. The number of nitrogens with zero attached hydrogens (tertiary/aromatic N) is 1. The lowest BCUT2D eigenvalue weighted by Gasteiger charge is -2.46. The first kappa shape index (κ1) is 30.7. The number of anilines is 1. The highest BCUT2D eigenvalue weighted by Crippen LogP contribution is 2.64. The van der Waals surface area contributed by atoms with Crippen molar-refractivity contribution >= 4 is 23.5 Å². The van der Waals surface area contributed by atoms with Crippen molar-refractivity contribution in [1.29, 1.82) is 0 Å². The molecule has 244 valence electrons. The number of carbonyl (C=O) groups excluding carboxylic acids is 2. The van der Waals surface area contributed by atoms with Gasteiger partial charge in [0.15, 0.2) is 0 Å². The van der Waals surface area contributed by atoms with Crippen LogP contribution >= 0.6 is 0 Å². The topological polar surface area (TPSA) is 116 Å². The number of benzene rings is 4. The van der Waals surface area contributed by atoms with Crippen LogP contribution in [0.1, 0.15) is 71.7 Å². The second-order valence-electron chi connectivity index (χ2n) is 13.1. The molecule has 4 aromatic carbocycles. The van der Waals surface area contributed by atoms with E-state index < -0.39 is 53.4 Å². The number of carboxylic acid groups (broad SMARTS) is 1. The van der Waals surface area contributed by atoms with Crippen LogP contribution in [0.3, 0.4) is 0 Å². The molecule has 1 amide bonds. The van der Waals surface area contributed by atoms with Gasteiger partial charge in [-0.05, 0) is 83.8 Å². The van der Waals surface area contributed by atoms with Crippen molar-refractivity contribution in [3.05, 3.63) is 143 Å². The Morgan fingerprint density at radius 3 is 2.22 bits per heavy atom. The number of nitrogens with one attached hydrogen (secondary N) is 1. The predicted molar refractivity (Wildman–Crippen MR) is 182 cm³/mol. The Morgan fingerprint density at radius 2 is 1.55 bits per heavy atom. The Bertz CT molecular complexity index is 2050. The van der Waals surface area contributed by atoms with E-state index in [2.05, 4.69) is 23.2 Å². The van der Waals surface area contributed by atoms with Gasteiger partial charge in [-0.1, -0.05) is 90.7 Å². The molecular formula is C41H34N2O6. The van der Waals surface area contributed by atoms with Gasteiger partial charge in [0.05, 0.1) is 12.1 Å². The number of allylic oxidation sites excluding steroid dienone is 2. The van der Waals surface area contributed by atoms with Gasteiger partial charge in [-0.2, -0.15) is 0 Å². The molecule has 3 aliphatic heterocycles. The Morgan fingerprint density at radius 1 is 0.837 bits per heavy atom. The van der Waals surface area contributed by atoms with Crippen LogP contribution in [0.15, 0.2) is 115 Å². The van der Waals surface area contributed by atoms with Crippen molar-refractivity contribution in [2.45, 2.75) is 55.3 Å². The van der Waals surface area contributed by atoms with Gasteiger partial charge in [-0.25, -0.2) is 0 Å². The van der Waals surface area contributed by atoms with Crippen molar-refractivity contribution in [2.75, 3.05) is 5.32 Å². The highest BCUT2D eigenvalue weighted by Gasteiger charge is 2.74. The number of phenolic OH excluding ortho intramolecular Hbond substituents is 1. The minimum Gasteiger partial charge on any atom is -0.508 e. The minimum atomic E-state index is -1.76. The number of fused-ring (bicyclic) bond motifs is 3. The van der Waals surface area contributed by atoms with E-state index in [-0.39, 0.29) is 5.75 Å². The Kier molecular flexibility index (Phi) is 7.58. The zero-order valence-electron chi connectivity index (χ0n) is 26.6. The average Bonchev–Trinajstić information content (AvgIpc) is 3.61. The molecule has 3 N–H and O–H groups in total. The molecule has 0 radical (unpaired) electrons. The van der Waals surface area contributed by atoms with E-state index >= 15 is 0 Å². The Hall–Kier alpha value is -5.65. The largest absolute Gasteiger partial charge is 0.508 e. The fraction of sp³-hybridized carbons (Fsp3) is 0.244. The standard InChI is InChI=1S/C41H34N2O6/c44-30-21-19-29(20-22-30)37-41(31-24-26(18-23-32(31)42-40(41)48)17-16-25-10-4-1-5-11-25)33(38(45)46)35-39(47)49-36(28-14-8-3-9-15-28)34(43(35)37)27-12-6-2-7-13-27/h2-3,6-10,12-15,18-24,33-37,44H,1,4-5,11H2,(H,42,48)(H,45,46). The SMILES string of the molecule is O=C1OC(c2ccccc2)C(c2ccccc2)N2C1C(C(=O)O)C1(C(=O)Nc3ccc(C#CC4=CCCCC4)cc31)C2c1ccc(O)cc1. The minimum absolute atomic E-state index is 0.0211. The summed E-state index contributed by atoms with van der Waals surface area (Å²) >= 11 is 0. The second kappa shape index (κ2) is 12.1. The Balaban J connectivity index is 1.39. The van der Waals surface area contributed by atoms with Crippen LogP contribution in [0, 0.1) is 17.8 Å². The fourth-order valence-corrected chi connectivity index (χ4v) is 8.41. The summed E-state index contributed by atoms with van der Waals surface area (Å²) in [7, 11) is 0. The molecule has 8 rings (SSSR count). The van der Waals surface area contributed by atoms with Gasteiger partial charge in [0.25, 0.3) is 0 Å². The number of esters is 1. The number of rotatable bonds is 4. The lowest BCUT2D eigenvalue weighted by Crippen LogP contribution is -2.52. The van der Waals surface area contributed by atoms with Crippen LogP contribution in [0.4, 0.5) is 5.69 Å². The molecule has 8 nitrogen and oxygen atoms in total. The number of ether oxygens (including phenoxy) is 1. The number of hydrogen-bond acceptors (Lipinski definition) is 6. The lowest BCUT2D eigenvalue weighted by atomic mass is 9.65. The maximum Gasteiger partial charge on any atom is 0.325 e. The fourth-order valence-electron chi connectivity index (χ4n) is 8.41. The highest BCUT2D eigenvalue weighted by molar-refractivity contribution is 6.11. The quantitative estimate of drug-likeness (QED) is 0.168. The molecule has 8 heteroatoms. The molecule has 1 spiro atoms. The van der Waals surface area contributed by atoms with Gasteiger partial charge in [-0.3, -0.25) is 19.3 Å². The van der Waals surface area contributed by atoms with E-state index in [1.54, 1.807) is 18.2 Å². The number of amides is 1. The van der Waals surface area contributed by atoms with Gasteiger partial charge in [0.2, 0.25) is 5.91 Å². The molecular weight excluding hydrogens is 616 g/mol. The van der Waals surface area contributed by atoms with E-state index in [4.69, 9.17) is 4.74 Å². The number of morpholine rings is 1. The first-order valence-corrected chi connectivity index (χ1v) is 16.6. The number of carboxylic acids is 1. The number of phenols is 1. The van der Waals surface area contributed by atoms with E-state index in [1.807, 2.05) is 77.7 Å². The first-order valence-electron chi connectivity index (χ1n) is 16.6. The summed E-state index contributed by atoms with van der Waals surface area (Å²) in [5.41, 5.74) is 3.03. The molecule has 4 aromatic rings. The monoisotopic (exact) mass is 650 g/mol. The van der Waals surface area contributed by atoms with Crippen molar-refractivity contribution in [2.24, 2.45) is 5.92 Å². The molecule has 0 aromatic heterocycles. The van der Waals surface area contributed by atoms with E-state index in [9.17, 15) is 24.6 Å². The summed E-state index contributed by atoms with van der Waals surface area (Å²) in [6.07, 6.45) is 5.48. The number of aliphatic carboxylic acids is 1. The van der Waals surface area contributed by atoms with Crippen molar-refractivity contribution < 1.29 is 29.3 Å². The van der Waals surface area contributed by atoms with Crippen LogP contribution in [-0.2, 0) is 24.5 Å². The van der Waals surface area contributed by atoms with Crippen LogP contribution < -0.4 is 5.32 Å². The molecule has 0 bridgehead atoms. The van der Waals surface area contributed by atoms with E-state index in [0.717, 1.165) is 42.4 Å². The normalized spacial score (nSPS) is 27.3. The third kappa shape index (κ3) is 4.92. The summed E-state index contributed by atoms with van der Waals surface area (Å²) in [6, 6.07) is 27.8. The second-order valence-corrected chi connectivity index (χ2v) is 13.1. The summed E-state index contributed by atoms with van der Waals surface area (Å²) in [6.45, 7) is 0. The molecule has 0 saturated carbocycles. The summed E-state index contributed by atoms with van der Waals surface area (Å²) in [4.78, 5) is 44.7. The van der Waals surface area contributed by atoms with Crippen molar-refractivity contribution in [3.63, 3.8) is 0 Å². The highest BCUT2D eigenvalue weighted by atomic mass is 16.6. The maximum absolute atomic E-state index is 14.7. The average molecular weight is 651 g/mol. The molecule has 2 saturated heterocycles. The number of hydrogen-bond donors (Lipinski definition) is 3. The van der Waals surface area contributed by atoms with Gasteiger partial charge in [-0.15, -0.1) is 0 Å². The number of aromatic hydroxyl groups is 1. The predicted octanol–water partition coefficient (Wildman–Crippen LogP) is 6.60. The molecule has 49 heavy (non-hydrogen) atoms. The smallest absolute Gasteiger partial charge is 0.325 e. The van der Waals surface area contributed by atoms with Gasteiger partial charge >= 0.3 is 11.9 Å². The molecule has 4 aliphatic rings. The molecule has 3 heterocycles. The van der Waals surface area contributed by atoms with Gasteiger partial charge < -0.3 is 20.3 Å². The number of carbonyl (C=O) groups is 3. The molecule has 6 atom stereocenters. The molecule has 6 unspecified atom stereocenters.